The number of carbonyl (C=O) groups excluding carboxylic acids is 4. The first-order chi connectivity index (χ1) is 20.2. The van der Waals surface area contributed by atoms with E-state index in [2.05, 4.69) is 16.0 Å². The Hall–Kier alpha value is -4.28. The fourth-order valence-electron chi connectivity index (χ4n) is 4.40. The molecule has 0 saturated carbocycles. The van der Waals surface area contributed by atoms with Crippen molar-refractivity contribution in [1.82, 2.24) is 20.9 Å². The minimum atomic E-state index is -0.645. The van der Waals surface area contributed by atoms with Gasteiger partial charge in [0, 0.05) is 31.2 Å². The largest absolute Gasteiger partial charge is 0.445 e. The third kappa shape index (κ3) is 11.9. The Bertz CT molecular complexity index is 1250. The molecular formula is C32H44N4O7. The van der Waals surface area contributed by atoms with E-state index in [1.54, 1.807) is 49.9 Å². The fraction of sp³-hybridized carbons (Fsp3) is 0.500. The van der Waals surface area contributed by atoms with Gasteiger partial charge in [-0.25, -0.2) is 14.4 Å². The normalized spacial score (nSPS) is 15.7. The van der Waals surface area contributed by atoms with Crippen molar-refractivity contribution in [1.29, 1.82) is 0 Å². The number of alkyl carbamates (subject to hydrolysis) is 2. The number of likely N-dealkylation sites (tertiary alicyclic amines) is 1. The average molecular weight is 597 g/mol. The molecule has 1 aliphatic rings. The molecule has 3 N–H and O–H groups in total. The predicted molar refractivity (Wildman–Crippen MR) is 161 cm³/mol. The number of carbonyl (C=O) groups is 4. The van der Waals surface area contributed by atoms with Gasteiger partial charge in [-0.3, -0.25) is 4.79 Å². The summed E-state index contributed by atoms with van der Waals surface area (Å²) in [6.07, 6.45) is -0.673. The van der Waals surface area contributed by atoms with Crippen LogP contribution < -0.4 is 16.0 Å². The van der Waals surface area contributed by atoms with Gasteiger partial charge in [-0.1, -0.05) is 42.5 Å². The number of hydrogen-bond acceptors (Lipinski definition) is 7. The number of nitrogens with zero attached hydrogens (tertiary/aromatic N) is 1. The zero-order chi connectivity index (χ0) is 31.6. The highest BCUT2D eigenvalue weighted by Gasteiger charge is 2.31. The summed E-state index contributed by atoms with van der Waals surface area (Å²) in [4.78, 5) is 52.1. The summed E-state index contributed by atoms with van der Waals surface area (Å²) in [7, 11) is 0. The molecule has 4 amide bonds. The second-order valence-corrected chi connectivity index (χ2v) is 12.5. The first kappa shape index (κ1) is 33.2. The molecule has 0 radical (unpaired) electrons. The molecule has 1 heterocycles. The Morgan fingerprint density at radius 3 is 2.28 bits per heavy atom. The molecule has 0 aromatic heterocycles. The quantitative estimate of drug-likeness (QED) is 0.334. The van der Waals surface area contributed by atoms with Crippen LogP contribution in [-0.2, 0) is 20.8 Å². The van der Waals surface area contributed by atoms with Crippen molar-refractivity contribution < 1.29 is 33.4 Å². The summed E-state index contributed by atoms with van der Waals surface area (Å²) in [5, 5.41) is 8.56. The van der Waals surface area contributed by atoms with Crippen molar-refractivity contribution in [2.45, 2.75) is 84.3 Å². The maximum absolute atomic E-state index is 13.2. The molecule has 1 saturated heterocycles. The van der Waals surface area contributed by atoms with Gasteiger partial charge in [0.15, 0.2) is 0 Å². The van der Waals surface area contributed by atoms with E-state index in [4.69, 9.17) is 14.2 Å². The molecule has 1 unspecified atom stereocenters. The van der Waals surface area contributed by atoms with Gasteiger partial charge in [-0.05, 0) is 77.6 Å². The van der Waals surface area contributed by atoms with Crippen LogP contribution in [0.3, 0.4) is 0 Å². The van der Waals surface area contributed by atoms with Crippen molar-refractivity contribution in [3.05, 3.63) is 71.3 Å². The lowest BCUT2D eigenvalue weighted by Gasteiger charge is -2.24. The molecule has 3 rings (SSSR count). The summed E-state index contributed by atoms with van der Waals surface area (Å²) < 4.78 is 16.2. The number of amides is 4. The van der Waals surface area contributed by atoms with Crippen LogP contribution in [0.5, 0.6) is 0 Å². The highest BCUT2D eigenvalue weighted by atomic mass is 16.6. The summed E-state index contributed by atoms with van der Waals surface area (Å²) in [5.41, 5.74) is 0.666. The van der Waals surface area contributed by atoms with Crippen molar-refractivity contribution >= 4 is 24.2 Å². The second kappa shape index (κ2) is 14.8. The SMILES string of the molecule is CC(C)(C)OC(=O)NCC[C@@H](NC(=O)OCc1ccccc1)c1cccc(C(=O)NC2CCN(C(=O)OC(C)(C)C)C2)c1. The minimum absolute atomic E-state index is 0.0969. The molecule has 2 aromatic carbocycles. The Balaban J connectivity index is 1.65. The molecule has 0 spiro atoms. The number of rotatable bonds is 9. The van der Waals surface area contributed by atoms with Crippen LogP contribution in [-0.4, -0.2) is 66.0 Å². The van der Waals surface area contributed by atoms with Crippen molar-refractivity contribution in [2.75, 3.05) is 19.6 Å². The van der Waals surface area contributed by atoms with E-state index in [0.717, 1.165) is 5.56 Å². The summed E-state index contributed by atoms with van der Waals surface area (Å²) in [5.74, 6) is -0.296. The molecule has 2 atom stereocenters. The standard InChI is InChI=1S/C32H44N4O7/c1-31(2,3)42-28(38)33-17-15-26(35-29(39)41-21-22-11-8-7-9-12-22)23-13-10-14-24(19-23)27(37)34-25-16-18-36(20-25)30(40)43-32(4,5)6/h7-14,19,25-26H,15-18,20-21H2,1-6H3,(H,33,38)(H,34,37)(H,35,39)/t25?,26-/m1/s1. The monoisotopic (exact) mass is 596 g/mol. The molecular weight excluding hydrogens is 552 g/mol. The molecule has 11 heteroatoms. The topological polar surface area (TPSA) is 135 Å². The van der Waals surface area contributed by atoms with E-state index in [1.807, 2.05) is 51.1 Å². The van der Waals surface area contributed by atoms with Crippen LogP contribution in [0, 0.1) is 0 Å². The van der Waals surface area contributed by atoms with Gasteiger partial charge in [0.25, 0.3) is 5.91 Å². The van der Waals surface area contributed by atoms with E-state index < -0.39 is 35.5 Å². The van der Waals surface area contributed by atoms with Gasteiger partial charge in [-0.2, -0.15) is 0 Å². The Morgan fingerprint density at radius 2 is 1.60 bits per heavy atom. The Morgan fingerprint density at radius 1 is 0.907 bits per heavy atom. The smallest absolute Gasteiger partial charge is 0.410 e. The minimum Gasteiger partial charge on any atom is -0.445 e. The average Bonchev–Trinajstić information content (AvgIpc) is 3.39. The second-order valence-electron chi connectivity index (χ2n) is 12.5. The lowest BCUT2D eigenvalue weighted by atomic mass is 10.0. The number of benzene rings is 2. The number of hydrogen-bond donors (Lipinski definition) is 3. The Kier molecular flexibility index (Phi) is 11.4. The van der Waals surface area contributed by atoms with Crippen LogP contribution in [0.25, 0.3) is 0 Å². The molecule has 234 valence electrons. The van der Waals surface area contributed by atoms with Gasteiger partial charge in [-0.15, -0.1) is 0 Å². The molecule has 0 aliphatic carbocycles. The van der Waals surface area contributed by atoms with E-state index in [0.29, 0.717) is 37.1 Å². The van der Waals surface area contributed by atoms with E-state index in [1.165, 1.54) is 0 Å². The summed E-state index contributed by atoms with van der Waals surface area (Å²) in [6, 6.07) is 15.4. The first-order valence-corrected chi connectivity index (χ1v) is 14.5. The van der Waals surface area contributed by atoms with Crippen molar-refractivity contribution in [2.24, 2.45) is 0 Å². The lowest BCUT2D eigenvalue weighted by Crippen LogP contribution is -2.40. The summed E-state index contributed by atoms with van der Waals surface area (Å²) >= 11 is 0. The molecule has 11 nitrogen and oxygen atoms in total. The Labute approximate surface area is 253 Å². The third-order valence-corrected chi connectivity index (χ3v) is 6.33. The molecule has 2 aromatic rings. The van der Waals surface area contributed by atoms with Gasteiger partial charge >= 0.3 is 18.3 Å². The van der Waals surface area contributed by atoms with E-state index in [9.17, 15) is 19.2 Å². The van der Waals surface area contributed by atoms with Gasteiger partial charge in [0.1, 0.15) is 17.8 Å². The molecule has 1 fully saturated rings. The van der Waals surface area contributed by atoms with Crippen LogP contribution in [0.4, 0.5) is 14.4 Å². The molecule has 43 heavy (non-hydrogen) atoms. The predicted octanol–water partition coefficient (Wildman–Crippen LogP) is 5.31. The van der Waals surface area contributed by atoms with E-state index >= 15 is 0 Å². The van der Waals surface area contributed by atoms with Gasteiger partial charge in [0.05, 0.1) is 6.04 Å². The zero-order valence-electron chi connectivity index (χ0n) is 25.9. The van der Waals surface area contributed by atoms with Crippen LogP contribution in [0.2, 0.25) is 0 Å². The van der Waals surface area contributed by atoms with Gasteiger partial charge < -0.3 is 35.1 Å². The van der Waals surface area contributed by atoms with Crippen LogP contribution in [0.15, 0.2) is 54.6 Å². The number of ether oxygens (including phenoxy) is 3. The fourth-order valence-corrected chi connectivity index (χ4v) is 4.40. The maximum atomic E-state index is 13.2. The maximum Gasteiger partial charge on any atom is 0.410 e. The number of nitrogens with one attached hydrogen (secondary N) is 3. The lowest BCUT2D eigenvalue weighted by molar-refractivity contribution is 0.0289. The van der Waals surface area contributed by atoms with Crippen LogP contribution in [0.1, 0.15) is 81.9 Å². The zero-order valence-corrected chi connectivity index (χ0v) is 25.9. The third-order valence-electron chi connectivity index (χ3n) is 6.33. The van der Waals surface area contributed by atoms with Crippen molar-refractivity contribution in [3.8, 4) is 0 Å². The van der Waals surface area contributed by atoms with Crippen LogP contribution >= 0.6 is 0 Å². The summed E-state index contributed by atoms with van der Waals surface area (Å²) in [6.45, 7) is 11.9. The van der Waals surface area contributed by atoms with Crippen molar-refractivity contribution in [3.63, 3.8) is 0 Å². The van der Waals surface area contributed by atoms with E-state index in [-0.39, 0.29) is 25.1 Å². The highest BCUT2D eigenvalue weighted by molar-refractivity contribution is 5.94. The molecule has 0 bridgehead atoms. The first-order valence-electron chi connectivity index (χ1n) is 14.5. The highest BCUT2D eigenvalue weighted by Crippen LogP contribution is 2.20. The van der Waals surface area contributed by atoms with Gasteiger partial charge in [0.2, 0.25) is 0 Å². The molecule has 1 aliphatic heterocycles.